The number of aliphatic hydroxyl groups is 2. The summed E-state index contributed by atoms with van der Waals surface area (Å²) in [5, 5.41) is 40.5. The maximum Gasteiger partial charge on any atom is 0.337 e. The Morgan fingerprint density at radius 3 is 2.33 bits per heavy atom. The Morgan fingerprint density at radius 2 is 1.69 bits per heavy atom. The fraction of sp³-hybridized carbons (Fsp3) is 0.292. The summed E-state index contributed by atoms with van der Waals surface area (Å²) in [6, 6.07) is 9.36. The molecule has 1 aromatic heterocycles. The molecule has 0 saturated carbocycles. The third-order valence-corrected chi connectivity index (χ3v) is 5.47. The van der Waals surface area contributed by atoms with E-state index in [2.05, 4.69) is 4.74 Å². The Labute approximate surface area is 202 Å². The van der Waals surface area contributed by atoms with E-state index in [1.54, 1.807) is 0 Å². The van der Waals surface area contributed by atoms with Crippen molar-refractivity contribution in [3.8, 4) is 28.6 Å². The Kier molecular flexibility index (Phi) is 6.84. The molecule has 1 saturated heterocycles. The van der Waals surface area contributed by atoms with Gasteiger partial charge in [0.05, 0.1) is 7.11 Å². The van der Waals surface area contributed by atoms with Gasteiger partial charge in [-0.1, -0.05) is 0 Å². The van der Waals surface area contributed by atoms with Gasteiger partial charge in [-0.15, -0.1) is 0 Å². The highest BCUT2D eigenvalue weighted by Crippen LogP contribution is 2.34. The predicted octanol–water partition coefficient (Wildman–Crippen LogP) is 0.801. The van der Waals surface area contributed by atoms with Crippen LogP contribution in [0.5, 0.6) is 17.2 Å². The van der Waals surface area contributed by atoms with Crippen LogP contribution in [0.25, 0.3) is 22.3 Å². The van der Waals surface area contributed by atoms with Crippen molar-refractivity contribution in [2.75, 3.05) is 7.11 Å². The predicted molar refractivity (Wildman–Crippen MR) is 120 cm³/mol. The minimum Gasteiger partial charge on any atom is -0.508 e. The van der Waals surface area contributed by atoms with Gasteiger partial charge in [-0.05, 0) is 24.3 Å². The first-order chi connectivity index (χ1) is 17.1. The summed E-state index contributed by atoms with van der Waals surface area (Å²) in [7, 11) is 1.05. The summed E-state index contributed by atoms with van der Waals surface area (Å²) >= 11 is 0. The minimum absolute atomic E-state index is 0.0163. The Balaban J connectivity index is 1.73. The van der Waals surface area contributed by atoms with Crippen molar-refractivity contribution in [2.45, 2.75) is 37.6 Å². The van der Waals surface area contributed by atoms with Crippen LogP contribution in [-0.4, -0.2) is 70.2 Å². The van der Waals surface area contributed by atoms with E-state index in [0.29, 0.717) is 5.56 Å². The molecule has 3 aromatic rings. The molecule has 4 rings (SSSR count). The molecule has 5 atom stereocenters. The fourth-order valence-electron chi connectivity index (χ4n) is 3.77. The molecular weight excluding hydrogens is 480 g/mol. The molecule has 2 heterocycles. The van der Waals surface area contributed by atoms with Crippen LogP contribution in [0, 0.1) is 0 Å². The smallest absolute Gasteiger partial charge is 0.337 e. The van der Waals surface area contributed by atoms with Gasteiger partial charge in [0.1, 0.15) is 46.2 Å². The molecule has 0 aliphatic carbocycles. The van der Waals surface area contributed by atoms with E-state index >= 15 is 0 Å². The largest absolute Gasteiger partial charge is 0.508 e. The first-order valence-corrected chi connectivity index (χ1v) is 10.6. The van der Waals surface area contributed by atoms with Crippen LogP contribution in [0.3, 0.4) is 0 Å². The van der Waals surface area contributed by atoms with Gasteiger partial charge < -0.3 is 43.8 Å². The van der Waals surface area contributed by atoms with E-state index in [1.807, 2.05) is 0 Å². The number of rotatable bonds is 5. The molecule has 1 aliphatic rings. The number of carbonyl (C=O) groups is 2. The van der Waals surface area contributed by atoms with Crippen LogP contribution >= 0.6 is 0 Å². The topological polar surface area (TPSA) is 182 Å². The minimum atomic E-state index is -1.79. The first kappa shape index (κ1) is 25.0. The molecule has 1 aliphatic heterocycles. The SMILES string of the molecule is COC(=O)C1OC(Oc2cc(O)c3c(=O)cc(-c4ccc(O)cc4)oc3c2)C(OC(C)=O)C(O)C1O. The fourth-order valence-corrected chi connectivity index (χ4v) is 3.77. The van der Waals surface area contributed by atoms with Gasteiger partial charge in [0.15, 0.2) is 17.6 Å². The third-order valence-electron chi connectivity index (χ3n) is 5.47. The molecule has 0 amide bonds. The zero-order valence-corrected chi connectivity index (χ0v) is 19.0. The summed E-state index contributed by atoms with van der Waals surface area (Å²) in [5.74, 6) is -2.32. The lowest BCUT2D eigenvalue weighted by Crippen LogP contribution is -2.62. The average Bonchev–Trinajstić information content (AvgIpc) is 2.82. The molecule has 190 valence electrons. The van der Waals surface area contributed by atoms with Crippen molar-refractivity contribution < 1.29 is 53.4 Å². The number of aliphatic hydroxyl groups excluding tert-OH is 2. The standard InChI is InChI=1S/C24H22O12/c1-10(25)33-22-20(30)19(29)21(23(31)32-2)36-24(22)34-13-7-14(27)18-15(28)9-16(35-17(18)8-13)11-3-5-12(26)6-4-11/h3-9,19-22,24,26-27,29-30H,1-2H3. The second-order valence-electron chi connectivity index (χ2n) is 7.96. The highest BCUT2D eigenvalue weighted by Gasteiger charge is 2.51. The van der Waals surface area contributed by atoms with Crippen molar-refractivity contribution in [1.29, 1.82) is 0 Å². The molecule has 5 unspecified atom stereocenters. The molecule has 12 heteroatoms. The van der Waals surface area contributed by atoms with Gasteiger partial charge in [-0.3, -0.25) is 9.59 Å². The molecule has 0 spiro atoms. The maximum atomic E-state index is 12.7. The van der Waals surface area contributed by atoms with Gasteiger partial charge in [0.2, 0.25) is 6.29 Å². The van der Waals surface area contributed by atoms with E-state index in [1.165, 1.54) is 36.4 Å². The van der Waals surface area contributed by atoms with Crippen molar-refractivity contribution in [1.82, 2.24) is 0 Å². The second kappa shape index (κ2) is 9.85. The number of phenolic OH excluding ortho intramolecular Hbond substituents is 2. The number of fused-ring (bicyclic) bond motifs is 1. The highest BCUT2D eigenvalue weighted by atomic mass is 16.7. The molecule has 1 fully saturated rings. The molecule has 12 nitrogen and oxygen atoms in total. The quantitative estimate of drug-likeness (QED) is 0.361. The van der Waals surface area contributed by atoms with Crippen molar-refractivity contribution >= 4 is 22.9 Å². The van der Waals surface area contributed by atoms with Gasteiger partial charge in [0, 0.05) is 30.7 Å². The lowest BCUT2D eigenvalue weighted by molar-refractivity contribution is -0.276. The number of benzene rings is 2. The summed E-state index contributed by atoms with van der Waals surface area (Å²) in [4.78, 5) is 36.3. The van der Waals surface area contributed by atoms with Gasteiger partial charge in [0.25, 0.3) is 0 Å². The van der Waals surface area contributed by atoms with E-state index < -0.39 is 53.8 Å². The van der Waals surface area contributed by atoms with Gasteiger partial charge >= 0.3 is 11.9 Å². The zero-order valence-electron chi connectivity index (χ0n) is 19.0. The normalized spacial score (nSPS) is 23.7. The molecule has 0 bridgehead atoms. The lowest BCUT2D eigenvalue weighted by Gasteiger charge is -2.40. The summed E-state index contributed by atoms with van der Waals surface area (Å²) < 4.78 is 26.5. The van der Waals surface area contributed by atoms with Gasteiger partial charge in [-0.25, -0.2) is 4.79 Å². The lowest BCUT2D eigenvalue weighted by atomic mass is 9.98. The maximum absolute atomic E-state index is 12.7. The van der Waals surface area contributed by atoms with Crippen LogP contribution in [0.2, 0.25) is 0 Å². The van der Waals surface area contributed by atoms with Crippen molar-refractivity contribution in [2.24, 2.45) is 0 Å². The number of aromatic hydroxyl groups is 2. The Hall–Kier alpha value is -4.13. The molecule has 2 aromatic carbocycles. The van der Waals surface area contributed by atoms with E-state index in [-0.39, 0.29) is 28.2 Å². The van der Waals surface area contributed by atoms with Crippen molar-refractivity contribution in [3.05, 3.63) is 52.7 Å². The monoisotopic (exact) mass is 502 g/mol. The number of ether oxygens (including phenoxy) is 4. The number of hydrogen-bond donors (Lipinski definition) is 4. The van der Waals surface area contributed by atoms with E-state index in [4.69, 9.17) is 18.6 Å². The van der Waals surface area contributed by atoms with Crippen LogP contribution in [0.1, 0.15) is 6.92 Å². The number of phenols is 2. The molecule has 4 N–H and O–H groups in total. The Bertz CT molecular complexity index is 1350. The van der Waals surface area contributed by atoms with E-state index in [9.17, 15) is 34.8 Å². The van der Waals surface area contributed by atoms with Crippen LogP contribution in [0.4, 0.5) is 0 Å². The summed E-state index contributed by atoms with van der Waals surface area (Å²) in [5.41, 5.74) is -0.161. The van der Waals surface area contributed by atoms with Crippen LogP contribution in [-0.2, 0) is 23.8 Å². The number of methoxy groups -OCH3 is 1. The van der Waals surface area contributed by atoms with Crippen LogP contribution in [0.15, 0.2) is 51.7 Å². The molecule has 36 heavy (non-hydrogen) atoms. The summed E-state index contributed by atoms with van der Waals surface area (Å²) in [6.45, 7) is 1.06. The highest BCUT2D eigenvalue weighted by molar-refractivity contribution is 5.86. The average molecular weight is 502 g/mol. The zero-order chi connectivity index (χ0) is 26.1. The first-order valence-electron chi connectivity index (χ1n) is 10.6. The number of hydrogen-bond acceptors (Lipinski definition) is 12. The number of esters is 2. The second-order valence-corrected chi connectivity index (χ2v) is 7.96. The third kappa shape index (κ3) is 4.82. The van der Waals surface area contributed by atoms with Crippen molar-refractivity contribution in [3.63, 3.8) is 0 Å². The van der Waals surface area contributed by atoms with E-state index in [0.717, 1.165) is 20.1 Å². The van der Waals surface area contributed by atoms with Crippen LogP contribution < -0.4 is 10.2 Å². The summed E-state index contributed by atoms with van der Waals surface area (Å²) in [6.07, 6.45) is -8.44. The molecular formula is C24H22O12. The number of carbonyl (C=O) groups excluding carboxylic acids is 2. The Morgan fingerprint density at radius 1 is 1.00 bits per heavy atom. The molecule has 0 radical (unpaired) electrons. The van der Waals surface area contributed by atoms with Gasteiger partial charge in [-0.2, -0.15) is 0 Å².